The molecule has 1 aliphatic rings. The fourth-order valence-electron chi connectivity index (χ4n) is 2.56. The molecule has 3 rings (SSSR count). The molecule has 0 spiro atoms. The lowest BCUT2D eigenvalue weighted by molar-refractivity contribution is -0.119. The van der Waals surface area contributed by atoms with E-state index < -0.39 is 0 Å². The summed E-state index contributed by atoms with van der Waals surface area (Å²) in [4.78, 5) is 29.6. The van der Waals surface area contributed by atoms with Crippen LogP contribution >= 0.6 is 0 Å². The number of nitrogens with zero attached hydrogens (tertiary/aromatic N) is 3. The normalized spacial score (nSPS) is 17.5. The van der Waals surface area contributed by atoms with Gasteiger partial charge in [0.05, 0.1) is 19.7 Å². The van der Waals surface area contributed by atoms with E-state index in [0.29, 0.717) is 31.3 Å². The van der Waals surface area contributed by atoms with Crippen molar-refractivity contribution in [1.82, 2.24) is 25.4 Å². The number of carbonyl (C=O) groups excluding carboxylic acids is 2. The number of H-pyrrole nitrogens is 1. The number of rotatable bonds is 5. The van der Waals surface area contributed by atoms with Crippen molar-refractivity contribution in [3.05, 3.63) is 35.3 Å². The van der Waals surface area contributed by atoms with Gasteiger partial charge in [0.25, 0.3) is 5.91 Å². The number of morpholine rings is 1. The highest BCUT2D eigenvalue weighted by molar-refractivity contribution is 5.91. The summed E-state index contributed by atoms with van der Waals surface area (Å²) in [6, 6.07) is 3.30. The van der Waals surface area contributed by atoms with E-state index in [1.807, 2.05) is 6.92 Å². The van der Waals surface area contributed by atoms with Crippen molar-refractivity contribution in [2.24, 2.45) is 0 Å². The third kappa shape index (κ3) is 4.05. The van der Waals surface area contributed by atoms with Gasteiger partial charge in [-0.05, 0) is 12.1 Å². The van der Waals surface area contributed by atoms with E-state index in [-0.39, 0.29) is 30.2 Å². The number of nitrogens with one attached hydrogen (secondary N) is 2. The van der Waals surface area contributed by atoms with E-state index >= 15 is 0 Å². The predicted octanol–water partition coefficient (Wildman–Crippen LogP) is 0.810. The third-order valence-corrected chi connectivity index (χ3v) is 3.91. The zero-order valence-corrected chi connectivity index (χ0v) is 14.2. The summed E-state index contributed by atoms with van der Waals surface area (Å²) in [5, 5.41) is 9.65. The van der Waals surface area contributed by atoms with Crippen LogP contribution in [0.25, 0.3) is 0 Å². The summed E-state index contributed by atoms with van der Waals surface area (Å²) in [6.45, 7) is 4.91. The number of hydrogen-bond donors (Lipinski definition) is 2. The highest BCUT2D eigenvalue weighted by Gasteiger charge is 2.29. The van der Waals surface area contributed by atoms with Gasteiger partial charge in [-0.3, -0.25) is 14.7 Å². The Morgan fingerprint density at radius 2 is 2.28 bits per heavy atom. The SMILES string of the molecule is CCc1nc([C@@H]2CN(C(=O)c3ccc(CNC(C)=O)o3)CCO2)n[nH]1. The maximum atomic E-state index is 12.6. The molecule has 0 aliphatic carbocycles. The fourth-order valence-corrected chi connectivity index (χ4v) is 2.56. The molecule has 0 saturated carbocycles. The number of amides is 2. The van der Waals surface area contributed by atoms with Crippen molar-refractivity contribution in [3.63, 3.8) is 0 Å². The number of hydrogen-bond acceptors (Lipinski definition) is 6. The average Bonchev–Trinajstić information content (AvgIpc) is 3.28. The second kappa shape index (κ2) is 7.47. The van der Waals surface area contributed by atoms with Gasteiger partial charge < -0.3 is 19.4 Å². The summed E-state index contributed by atoms with van der Waals surface area (Å²) >= 11 is 0. The first-order valence-electron chi connectivity index (χ1n) is 8.22. The monoisotopic (exact) mass is 347 g/mol. The molecule has 0 aromatic carbocycles. The van der Waals surface area contributed by atoms with Crippen molar-refractivity contribution in [1.29, 1.82) is 0 Å². The maximum Gasteiger partial charge on any atom is 0.289 e. The smallest absolute Gasteiger partial charge is 0.289 e. The van der Waals surface area contributed by atoms with Crippen LogP contribution in [0.15, 0.2) is 16.5 Å². The molecule has 9 nitrogen and oxygen atoms in total. The second-order valence-corrected chi connectivity index (χ2v) is 5.78. The van der Waals surface area contributed by atoms with E-state index in [2.05, 4.69) is 20.5 Å². The number of carbonyl (C=O) groups is 2. The Hall–Kier alpha value is -2.68. The lowest BCUT2D eigenvalue weighted by Gasteiger charge is -2.31. The number of aromatic amines is 1. The molecule has 1 aliphatic heterocycles. The number of ether oxygens (including phenoxy) is 1. The van der Waals surface area contributed by atoms with Crippen LogP contribution in [0.4, 0.5) is 0 Å². The predicted molar refractivity (Wildman–Crippen MR) is 86.6 cm³/mol. The number of furan rings is 1. The number of aryl methyl sites for hydroxylation is 1. The Morgan fingerprint density at radius 3 is 3.00 bits per heavy atom. The van der Waals surface area contributed by atoms with E-state index in [1.165, 1.54) is 6.92 Å². The van der Waals surface area contributed by atoms with Crippen LogP contribution in [-0.2, 0) is 22.5 Å². The minimum atomic E-state index is -0.358. The van der Waals surface area contributed by atoms with Crippen LogP contribution in [0.2, 0.25) is 0 Å². The summed E-state index contributed by atoms with van der Waals surface area (Å²) < 4.78 is 11.2. The molecule has 0 bridgehead atoms. The van der Waals surface area contributed by atoms with Crippen molar-refractivity contribution < 1.29 is 18.7 Å². The summed E-state index contributed by atoms with van der Waals surface area (Å²) in [6.07, 6.45) is 0.398. The third-order valence-electron chi connectivity index (χ3n) is 3.91. The van der Waals surface area contributed by atoms with Gasteiger partial charge in [0.2, 0.25) is 5.91 Å². The maximum absolute atomic E-state index is 12.6. The molecule has 2 aromatic heterocycles. The van der Waals surface area contributed by atoms with E-state index in [0.717, 1.165) is 12.2 Å². The first kappa shape index (κ1) is 17.2. The van der Waals surface area contributed by atoms with Crippen molar-refractivity contribution in [2.75, 3.05) is 19.7 Å². The van der Waals surface area contributed by atoms with Gasteiger partial charge in [-0.2, -0.15) is 5.10 Å². The van der Waals surface area contributed by atoms with Gasteiger partial charge >= 0.3 is 0 Å². The molecule has 134 valence electrons. The number of aromatic nitrogens is 3. The second-order valence-electron chi connectivity index (χ2n) is 5.78. The van der Waals surface area contributed by atoms with E-state index in [9.17, 15) is 9.59 Å². The molecule has 1 atom stereocenters. The molecular weight excluding hydrogens is 326 g/mol. The van der Waals surface area contributed by atoms with Crippen LogP contribution in [0.5, 0.6) is 0 Å². The Bertz CT molecular complexity index is 753. The van der Waals surface area contributed by atoms with Crippen LogP contribution in [-0.4, -0.2) is 51.6 Å². The van der Waals surface area contributed by atoms with E-state index in [4.69, 9.17) is 9.15 Å². The summed E-state index contributed by atoms with van der Waals surface area (Å²) in [7, 11) is 0. The Morgan fingerprint density at radius 1 is 1.44 bits per heavy atom. The van der Waals surface area contributed by atoms with Gasteiger partial charge in [-0.15, -0.1) is 0 Å². The van der Waals surface area contributed by atoms with Crippen LogP contribution < -0.4 is 5.32 Å². The molecule has 3 heterocycles. The highest BCUT2D eigenvalue weighted by Crippen LogP contribution is 2.21. The van der Waals surface area contributed by atoms with Crippen molar-refractivity contribution >= 4 is 11.8 Å². The summed E-state index contributed by atoms with van der Waals surface area (Å²) in [5.74, 6) is 1.75. The zero-order chi connectivity index (χ0) is 17.8. The van der Waals surface area contributed by atoms with Gasteiger partial charge in [-0.25, -0.2) is 4.98 Å². The topological polar surface area (TPSA) is 113 Å². The quantitative estimate of drug-likeness (QED) is 0.827. The van der Waals surface area contributed by atoms with E-state index in [1.54, 1.807) is 17.0 Å². The highest BCUT2D eigenvalue weighted by atomic mass is 16.5. The van der Waals surface area contributed by atoms with Crippen LogP contribution in [0, 0.1) is 0 Å². The molecule has 9 heteroatoms. The Labute approximate surface area is 144 Å². The Balaban J connectivity index is 1.64. The molecular formula is C16H21N5O4. The largest absolute Gasteiger partial charge is 0.454 e. The van der Waals surface area contributed by atoms with Gasteiger partial charge in [-0.1, -0.05) is 6.92 Å². The molecule has 2 aromatic rings. The molecule has 25 heavy (non-hydrogen) atoms. The molecule has 2 N–H and O–H groups in total. The molecule has 1 fully saturated rings. The fraction of sp³-hybridized carbons (Fsp3) is 0.500. The average molecular weight is 347 g/mol. The molecule has 0 radical (unpaired) electrons. The van der Waals surface area contributed by atoms with Crippen LogP contribution in [0.3, 0.4) is 0 Å². The van der Waals surface area contributed by atoms with Crippen LogP contribution in [0.1, 0.15) is 47.9 Å². The molecule has 2 amide bonds. The standard InChI is InChI=1S/C16H21N5O4/c1-3-14-18-15(20-19-14)13-9-21(6-7-24-13)16(23)12-5-4-11(25-12)8-17-10(2)22/h4-5,13H,3,6-9H2,1-2H3,(H,17,22)(H,18,19,20)/t13-/m0/s1. The minimum absolute atomic E-state index is 0.154. The van der Waals surface area contributed by atoms with Crippen molar-refractivity contribution in [2.45, 2.75) is 32.9 Å². The lowest BCUT2D eigenvalue weighted by atomic mass is 10.2. The van der Waals surface area contributed by atoms with Gasteiger partial charge in [0, 0.05) is 19.9 Å². The van der Waals surface area contributed by atoms with Crippen molar-refractivity contribution in [3.8, 4) is 0 Å². The minimum Gasteiger partial charge on any atom is -0.454 e. The first-order chi connectivity index (χ1) is 12.1. The Kier molecular flexibility index (Phi) is 5.13. The first-order valence-corrected chi connectivity index (χ1v) is 8.22. The summed E-state index contributed by atoms with van der Waals surface area (Å²) in [5.41, 5.74) is 0. The lowest BCUT2D eigenvalue weighted by Crippen LogP contribution is -2.42. The van der Waals surface area contributed by atoms with Gasteiger partial charge in [0.1, 0.15) is 17.7 Å². The molecule has 1 saturated heterocycles. The van der Waals surface area contributed by atoms with Gasteiger partial charge in [0.15, 0.2) is 11.6 Å². The zero-order valence-electron chi connectivity index (χ0n) is 14.2. The molecule has 0 unspecified atom stereocenters.